The van der Waals surface area contributed by atoms with E-state index in [4.69, 9.17) is 0 Å². The number of benzene rings is 1. The minimum absolute atomic E-state index is 0.327. The zero-order valence-corrected chi connectivity index (χ0v) is 14.6. The quantitative estimate of drug-likeness (QED) is 0.842. The summed E-state index contributed by atoms with van der Waals surface area (Å²) in [6, 6.07) is 12.2. The maximum absolute atomic E-state index is 11.4. The largest absolute Gasteiger partial charge is 0.480 e. The van der Waals surface area contributed by atoms with Crippen molar-refractivity contribution in [3.63, 3.8) is 0 Å². The van der Waals surface area contributed by atoms with Gasteiger partial charge < -0.3 is 5.11 Å². The number of piperidine rings is 1. The molecule has 0 radical (unpaired) electrons. The van der Waals surface area contributed by atoms with Crippen LogP contribution in [0.1, 0.15) is 24.1 Å². The molecule has 3 nitrogen and oxygen atoms in total. The summed E-state index contributed by atoms with van der Waals surface area (Å²) >= 11 is 5.20. The number of hydrogen-bond donors (Lipinski definition) is 1. The van der Waals surface area contributed by atoms with Crippen LogP contribution in [0.3, 0.4) is 0 Å². The zero-order valence-electron chi connectivity index (χ0n) is 12.2. The maximum atomic E-state index is 11.4. The van der Waals surface area contributed by atoms with E-state index < -0.39 is 5.97 Å². The molecule has 22 heavy (non-hydrogen) atoms. The molecule has 0 amide bonds. The first-order chi connectivity index (χ1) is 10.6. The van der Waals surface area contributed by atoms with E-state index in [1.807, 2.05) is 12.1 Å². The number of thiophene rings is 1. The molecule has 3 rings (SSSR count). The molecule has 1 aromatic carbocycles. The van der Waals surface area contributed by atoms with E-state index in [0.29, 0.717) is 0 Å². The van der Waals surface area contributed by atoms with Gasteiger partial charge in [-0.15, -0.1) is 11.3 Å². The fourth-order valence-electron chi connectivity index (χ4n) is 2.89. The molecular formula is C17H18BrNO2S. The van der Waals surface area contributed by atoms with Gasteiger partial charge in [0.2, 0.25) is 0 Å². The Balaban J connectivity index is 1.73. The van der Waals surface area contributed by atoms with Crippen LogP contribution < -0.4 is 0 Å². The first kappa shape index (κ1) is 15.7. The van der Waals surface area contributed by atoms with E-state index in [2.05, 4.69) is 45.1 Å². The van der Waals surface area contributed by atoms with Crippen LogP contribution in [0.5, 0.6) is 0 Å². The van der Waals surface area contributed by atoms with Crippen molar-refractivity contribution in [2.45, 2.75) is 31.8 Å². The van der Waals surface area contributed by atoms with Crippen LogP contribution in [0.2, 0.25) is 0 Å². The fourth-order valence-corrected chi connectivity index (χ4v) is 4.20. The van der Waals surface area contributed by atoms with Gasteiger partial charge in [-0.25, -0.2) is 0 Å². The van der Waals surface area contributed by atoms with Gasteiger partial charge in [0.15, 0.2) is 0 Å². The van der Waals surface area contributed by atoms with Gasteiger partial charge in [-0.05, 0) is 49.2 Å². The molecule has 1 aliphatic heterocycles. The third kappa shape index (κ3) is 3.59. The van der Waals surface area contributed by atoms with Crippen LogP contribution in [0.4, 0.5) is 0 Å². The van der Waals surface area contributed by atoms with Gasteiger partial charge in [-0.2, -0.15) is 0 Å². The minimum Gasteiger partial charge on any atom is -0.480 e. The first-order valence-corrected chi connectivity index (χ1v) is 9.06. The summed E-state index contributed by atoms with van der Waals surface area (Å²) in [6.45, 7) is 1.61. The zero-order chi connectivity index (χ0) is 15.5. The standard InChI is InChI=1S/C17H18BrNO2S/c18-13-6-4-12(5-7-13)16-9-8-14(22-16)11-19-10-2-1-3-15(19)17(20)21/h4-9,15H,1-3,10-11H2,(H,20,21). The number of halogens is 1. The van der Waals surface area contributed by atoms with E-state index in [0.717, 1.165) is 36.8 Å². The molecule has 1 saturated heterocycles. The molecule has 5 heteroatoms. The lowest BCUT2D eigenvalue weighted by Crippen LogP contribution is -2.43. The molecule has 0 aliphatic carbocycles. The Hall–Kier alpha value is -1.17. The van der Waals surface area contributed by atoms with Crippen molar-refractivity contribution < 1.29 is 9.90 Å². The van der Waals surface area contributed by atoms with Crippen LogP contribution in [0, 0.1) is 0 Å². The summed E-state index contributed by atoms with van der Waals surface area (Å²) in [7, 11) is 0. The highest BCUT2D eigenvalue weighted by molar-refractivity contribution is 9.10. The number of hydrogen-bond acceptors (Lipinski definition) is 3. The van der Waals surface area contributed by atoms with Crippen LogP contribution in [0.15, 0.2) is 40.9 Å². The van der Waals surface area contributed by atoms with Crippen molar-refractivity contribution in [2.75, 3.05) is 6.54 Å². The SMILES string of the molecule is O=C(O)C1CCCCN1Cc1ccc(-c2ccc(Br)cc2)s1. The molecule has 0 bridgehead atoms. The highest BCUT2D eigenvalue weighted by atomic mass is 79.9. The molecule has 2 heterocycles. The van der Waals surface area contributed by atoms with Crippen molar-refractivity contribution in [2.24, 2.45) is 0 Å². The second-order valence-corrected chi connectivity index (χ2v) is 7.68. The van der Waals surface area contributed by atoms with E-state index >= 15 is 0 Å². The van der Waals surface area contributed by atoms with Gasteiger partial charge in [-0.3, -0.25) is 9.69 Å². The average molecular weight is 380 g/mol. The maximum Gasteiger partial charge on any atom is 0.320 e. The molecule has 0 spiro atoms. The highest BCUT2D eigenvalue weighted by Gasteiger charge is 2.28. The predicted octanol–water partition coefficient (Wildman–Crippen LogP) is 4.62. The summed E-state index contributed by atoms with van der Waals surface area (Å²) < 4.78 is 1.07. The second kappa shape index (κ2) is 6.94. The van der Waals surface area contributed by atoms with Crippen molar-refractivity contribution in [1.29, 1.82) is 0 Å². The summed E-state index contributed by atoms with van der Waals surface area (Å²) in [5, 5.41) is 9.35. The third-order valence-corrected chi connectivity index (χ3v) is 5.70. The molecule has 1 fully saturated rings. The normalized spacial score (nSPS) is 19.2. The number of carboxylic acid groups (broad SMARTS) is 1. The second-order valence-electron chi connectivity index (χ2n) is 5.59. The topological polar surface area (TPSA) is 40.5 Å². The number of likely N-dealkylation sites (tertiary alicyclic amines) is 1. The number of rotatable bonds is 4. The van der Waals surface area contributed by atoms with Crippen molar-refractivity contribution in [3.05, 3.63) is 45.7 Å². The van der Waals surface area contributed by atoms with Gasteiger partial charge in [-0.1, -0.05) is 34.5 Å². The van der Waals surface area contributed by atoms with E-state index in [1.54, 1.807) is 11.3 Å². The molecule has 1 N–H and O–H groups in total. The van der Waals surface area contributed by atoms with E-state index in [9.17, 15) is 9.90 Å². The summed E-state index contributed by atoms with van der Waals surface area (Å²) in [5.41, 5.74) is 1.20. The highest BCUT2D eigenvalue weighted by Crippen LogP contribution is 2.31. The lowest BCUT2D eigenvalue weighted by molar-refractivity contribution is -0.144. The fraction of sp³-hybridized carbons (Fsp3) is 0.353. The van der Waals surface area contributed by atoms with E-state index in [-0.39, 0.29) is 6.04 Å². The Morgan fingerprint density at radius 3 is 2.73 bits per heavy atom. The van der Waals surface area contributed by atoms with Gasteiger partial charge in [0.05, 0.1) is 0 Å². The van der Waals surface area contributed by atoms with Gasteiger partial charge in [0.1, 0.15) is 6.04 Å². The van der Waals surface area contributed by atoms with E-state index in [1.165, 1.54) is 15.3 Å². The number of aliphatic carboxylic acids is 1. The van der Waals surface area contributed by atoms with Crippen molar-refractivity contribution in [3.8, 4) is 10.4 Å². The summed E-state index contributed by atoms with van der Waals surface area (Å²) in [5.74, 6) is -0.690. The lowest BCUT2D eigenvalue weighted by Gasteiger charge is -2.32. The van der Waals surface area contributed by atoms with Crippen LogP contribution in [-0.4, -0.2) is 28.6 Å². The minimum atomic E-state index is -0.690. The third-order valence-electron chi connectivity index (χ3n) is 4.05. The predicted molar refractivity (Wildman–Crippen MR) is 93.1 cm³/mol. The molecule has 116 valence electrons. The van der Waals surface area contributed by atoms with Crippen molar-refractivity contribution >= 4 is 33.2 Å². The lowest BCUT2D eigenvalue weighted by atomic mass is 10.0. The van der Waals surface area contributed by atoms with Crippen LogP contribution >= 0.6 is 27.3 Å². The Morgan fingerprint density at radius 1 is 1.23 bits per heavy atom. The van der Waals surface area contributed by atoms with Crippen molar-refractivity contribution in [1.82, 2.24) is 4.90 Å². The molecule has 1 unspecified atom stereocenters. The van der Waals surface area contributed by atoms with Gasteiger partial charge in [0.25, 0.3) is 0 Å². The van der Waals surface area contributed by atoms with Crippen LogP contribution in [-0.2, 0) is 11.3 Å². The Labute approximate surface area is 142 Å². The number of carbonyl (C=O) groups is 1. The number of nitrogens with zero attached hydrogens (tertiary/aromatic N) is 1. The molecule has 1 aromatic heterocycles. The molecule has 1 aliphatic rings. The smallest absolute Gasteiger partial charge is 0.320 e. The van der Waals surface area contributed by atoms with Gasteiger partial charge in [0, 0.05) is 20.8 Å². The summed E-state index contributed by atoms with van der Waals surface area (Å²) in [6.07, 6.45) is 2.87. The Bertz CT molecular complexity index is 653. The molecular weight excluding hydrogens is 362 g/mol. The molecule has 2 aromatic rings. The monoisotopic (exact) mass is 379 g/mol. The first-order valence-electron chi connectivity index (χ1n) is 7.45. The Morgan fingerprint density at radius 2 is 2.00 bits per heavy atom. The summed E-state index contributed by atoms with van der Waals surface area (Å²) in [4.78, 5) is 15.9. The molecule has 0 saturated carbocycles. The Kier molecular flexibility index (Phi) is 4.96. The van der Waals surface area contributed by atoms with Gasteiger partial charge >= 0.3 is 5.97 Å². The number of carboxylic acids is 1. The average Bonchev–Trinajstić information content (AvgIpc) is 2.97. The van der Waals surface area contributed by atoms with Crippen LogP contribution in [0.25, 0.3) is 10.4 Å². The molecule has 1 atom stereocenters.